The lowest BCUT2D eigenvalue weighted by Gasteiger charge is -2.33. The molecule has 1 aliphatic heterocycles. The van der Waals surface area contributed by atoms with Crippen LogP contribution in [0.5, 0.6) is 0 Å². The van der Waals surface area contributed by atoms with Crippen molar-refractivity contribution in [2.24, 2.45) is 5.92 Å². The van der Waals surface area contributed by atoms with Gasteiger partial charge in [-0.1, -0.05) is 11.6 Å². The summed E-state index contributed by atoms with van der Waals surface area (Å²) in [5.41, 5.74) is 0.687. The number of hydrogen-bond acceptors (Lipinski definition) is 2. The fourth-order valence-corrected chi connectivity index (χ4v) is 3.04. The van der Waals surface area contributed by atoms with Gasteiger partial charge in [0.15, 0.2) is 0 Å². The van der Waals surface area contributed by atoms with Crippen LogP contribution in [0.4, 0.5) is 4.39 Å². The Morgan fingerprint density at radius 3 is 2.86 bits per heavy atom. The monoisotopic (exact) mass is 327 g/mol. The molecule has 0 bridgehead atoms. The third-order valence-corrected chi connectivity index (χ3v) is 4.36. The molecule has 1 heterocycles. The molecule has 0 aliphatic carbocycles. The minimum Gasteiger partial charge on any atom is -0.481 e. The van der Waals surface area contributed by atoms with Gasteiger partial charge in [0, 0.05) is 19.5 Å². The SMILES string of the molecule is Cc1cc(C(=O)N2CCC[C@@H](CCC(=O)O)C2)c(Cl)cc1F. The molecular weight excluding hydrogens is 309 g/mol. The minimum absolute atomic E-state index is 0.112. The summed E-state index contributed by atoms with van der Waals surface area (Å²) in [5, 5.41) is 8.87. The summed E-state index contributed by atoms with van der Waals surface area (Å²) < 4.78 is 13.4. The molecule has 1 atom stereocenters. The lowest BCUT2D eigenvalue weighted by molar-refractivity contribution is -0.137. The van der Waals surface area contributed by atoms with Crippen LogP contribution in [0.15, 0.2) is 12.1 Å². The van der Waals surface area contributed by atoms with E-state index in [-0.39, 0.29) is 23.3 Å². The van der Waals surface area contributed by atoms with Crippen molar-refractivity contribution in [1.29, 1.82) is 0 Å². The van der Waals surface area contributed by atoms with Crippen LogP contribution < -0.4 is 0 Å². The standard InChI is InChI=1S/C16H19ClFNO3/c1-10-7-12(13(17)8-14(10)18)16(22)19-6-2-3-11(9-19)4-5-15(20)21/h7-8,11H,2-6,9H2,1H3,(H,20,21)/t11-/m0/s1. The third-order valence-electron chi connectivity index (χ3n) is 4.05. The fraction of sp³-hybridized carbons (Fsp3) is 0.500. The van der Waals surface area contributed by atoms with E-state index in [9.17, 15) is 14.0 Å². The maximum atomic E-state index is 13.4. The van der Waals surface area contributed by atoms with Crippen molar-refractivity contribution in [3.8, 4) is 0 Å². The maximum Gasteiger partial charge on any atom is 0.303 e. The topological polar surface area (TPSA) is 57.6 Å². The number of amides is 1. The van der Waals surface area contributed by atoms with Gasteiger partial charge in [-0.2, -0.15) is 0 Å². The number of carboxylic acid groups (broad SMARTS) is 1. The first-order chi connectivity index (χ1) is 10.4. The van der Waals surface area contributed by atoms with Gasteiger partial charge in [0.25, 0.3) is 5.91 Å². The second kappa shape index (κ2) is 7.09. The van der Waals surface area contributed by atoms with Gasteiger partial charge in [-0.05, 0) is 49.8 Å². The van der Waals surface area contributed by atoms with Crippen LogP contribution in [0, 0.1) is 18.7 Å². The molecule has 1 aliphatic rings. The van der Waals surface area contributed by atoms with Gasteiger partial charge in [-0.25, -0.2) is 4.39 Å². The third kappa shape index (κ3) is 3.97. The highest BCUT2D eigenvalue weighted by molar-refractivity contribution is 6.33. The number of likely N-dealkylation sites (tertiary alicyclic amines) is 1. The zero-order valence-electron chi connectivity index (χ0n) is 12.4. The number of benzene rings is 1. The number of hydrogen-bond donors (Lipinski definition) is 1. The van der Waals surface area contributed by atoms with Crippen molar-refractivity contribution in [3.05, 3.63) is 34.1 Å². The van der Waals surface area contributed by atoms with Gasteiger partial charge >= 0.3 is 5.97 Å². The predicted octanol–water partition coefficient (Wildman–Crippen LogP) is 3.50. The van der Waals surface area contributed by atoms with Crippen LogP contribution in [0.2, 0.25) is 5.02 Å². The summed E-state index contributed by atoms with van der Waals surface area (Å²) in [4.78, 5) is 24.9. The number of rotatable bonds is 4. The van der Waals surface area contributed by atoms with Crippen molar-refractivity contribution in [3.63, 3.8) is 0 Å². The molecular formula is C16H19ClFNO3. The largest absolute Gasteiger partial charge is 0.481 e. The number of carbonyl (C=O) groups excluding carboxylic acids is 1. The Labute approximate surface area is 133 Å². The average molecular weight is 328 g/mol. The Hall–Kier alpha value is -1.62. The van der Waals surface area contributed by atoms with Gasteiger partial charge in [0.2, 0.25) is 0 Å². The van der Waals surface area contributed by atoms with E-state index in [4.69, 9.17) is 16.7 Å². The molecule has 1 amide bonds. The second-order valence-electron chi connectivity index (χ2n) is 5.77. The molecule has 4 nitrogen and oxygen atoms in total. The highest BCUT2D eigenvalue weighted by Gasteiger charge is 2.26. The van der Waals surface area contributed by atoms with Crippen molar-refractivity contribution in [2.45, 2.75) is 32.6 Å². The molecule has 0 saturated carbocycles. The summed E-state index contributed by atoms with van der Waals surface area (Å²) >= 11 is 5.99. The van der Waals surface area contributed by atoms with E-state index in [1.165, 1.54) is 6.07 Å². The molecule has 1 aromatic carbocycles. The average Bonchev–Trinajstić information content (AvgIpc) is 2.48. The van der Waals surface area contributed by atoms with E-state index in [2.05, 4.69) is 0 Å². The Bertz CT molecular complexity index is 591. The molecule has 2 rings (SSSR count). The van der Waals surface area contributed by atoms with Crippen LogP contribution in [-0.4, -0.2) is 35.0 Å². The summed E-state index contributed by atoms with van der Waals surface area (Å²) in [6.07, 6.45) is 2.44. The predicted molar refractivity (Wildman–Crippen MR) is 81.6 cm³/mol. The molecule has 120 valence electrons. The van der Waals surface area contributed by atoms with Gasteiger partial charge < -0.3 is 10.0 Å². The zero-order chi connectivity index (χ0) is 16.3. The van der Waals surface area contributed by atoms with Gasteiger partial charge in [0.05, 0.1) is 10.6 Å². The quantitative estimate of drug-likeness (QED) is 0.920. The number of piperidine rings is 1. The van der Waals surface area contributed by atoms with Crippen molar-refractivity contribution < 1.29 is 19.1 Å². The smallest absolute Gasteiger partial charge is 0.303 e. The summed E-state index contributed by atoms with van der Waals surface area (Å²) in [7, 11) is 0. The molecule has 0 aromatic heterocycles. The molecule has 1 N–H and O–H groups in total. The summed E-state index contributed by atoms with van der Waals surface area (Å²) in [6.45, 7) is 2.74. The maximum absolute atomic E-state index is 13.4. The van der Waals surface area contributed by atoms with Gasteiger partial charge in [0.1, 0.15) is 5.82 Å². The molecule has 1 aromatic rings. The van der Waals surface area contributed by atoms with E-state index in [0.29, 0.717) is 30.6 Å². The van der Waals surface area contributed by atoms with E-state index in [1.54, 1.807) is 11.8 Å². The van der Waals surface area contributed by atoms with Crippen LogP contribution in [0.1, 0.15) is 41.6 Å². The van der Waals surface area contributed by atoms with Crippen molar-refractivity contribution in [2.75, 3.05) is 13.1 Å². The molecule has 22 heavy (non-hydrogen) atoms. The van der Waals surface area contributed by atoms with E-state index < -0.39 is 11.8 Å². The zero-order valence-corrected chi connectivity index (χ0v) is 13.2. The highest BCUT2D eigenvalue weighted by Crippen LogP contribution is 2.26. The van der Waals surface area contributed by atoms with Crippen molar-refractivity contribution >= 4 is 23.5 Å². The lowest BCUT2D eigenvalue weighted by Crippen LogP contribution is -2.40. The normalized spacial score (nSPS) is 18.3. The van der Waals surface area contributed by atoms with Crippen LogP contribution in [-0.2, 0) is 4.79 Å². The van der Waals surface area contributed by atoms with Crippen LogP contribution >= 0.6 is 11.6 Å². The Balaban J connectivity index is 2.09. The Morgan fingerprint density at radius 2 is 2.18 bits per heavy atom. The van der Waals surface area contributed by atoms with E-state index >= 15 is 0 Å². The first-order valence-corrected chi connectivity index (χ1v) is 7.73. The number of halogens is 2. The molecule has 0 unspecified atom stereocenters. The molecule has 1 fully saturated rings. The Kier molecular flexibility index (Phi) is 5.40. The number of aryl methyl sites for hydroxylation is 1. The highest BCUT2D eigenvalue weighted by atomic mass is 35.5. The summed E-state index contributed by atoms with van der Waals surface area (Å²) in [5.74, 6) is -1.28. The molecule has 6 heteroatoms. The van der Waals surface area contributed by atoms with Crippen LogP contribution in [0.25, 0.3) is 0 Å². The second-order valence-corrected chi connectivity index (χ2v) is 6.18. The van der Waals surface area contributed by atoms with Crippen LogP contribution in [0.3, 0.4) is 0 Å². The first-order valence-electron chi connectivity index (χ1n) is 7.35. The van der Waals surface area contributed by atoms with Gasteiger partial charge in [-0.15, -0.1) is 0 Å². The first kappa shape index (κ1) is 16.7. The van der Waals surface area contributed by atoms with Gasteiger partial charge in [-0.3, -0.25) is 9.59 Å². The number of nitrogens with zero attached hydrogens (tertiary/aromatic N) is 1. The van der Waals surface area contributed by atoms with E-state index in [1.807, 2.05) is 0 Å². The molecule has 1 saturated heterocycles. The van der Waals surface area contributed by atoms with Crippen molar-refractivity contribution in [1.82, 2.24) is 4.90 Å². The Morgan fingerprint density at radius 1 is 1.45 bits per heavy atom. The summed E-state index contributed by atoms with van der Waals surface area (Å²) in [6, 6.07) is 2.64. The number of carbonyl (C=O) groups is 2. The molecule has 0 spiro atoms. The number of carboxylic acids is 1. The minimum atomic E-state index is -0.819. The number of aliphatic carboxylic acids is 1. The van der Waals surface area contributed by atoms with E-state index in [0.717, 1.165) is 18.9 Å². The molecule has 0 radical (unpaired) electrons. The fourth-order valence-electron chi connectivity index (χ4n) is 2.80. The lowest BCUT2D eigenvalue weighted by atomic mass is 9.93.